The van der Waals surface area contributed by atoms with Crippen LogP contribution in [0.25, 0.3) is 0 Å². The summed E-state index contributed by atoms with van der Waals surface area (Å²) in [5, 5.41) is 23.9. The van der Waals surface area contributed by atoms with Crippen molar-refractivity contribution >= 4 is 0 Å². The van der Waals surface area contributed by atoms with Crippen molar-refractivity contribution in [1.82, 2.24) is 0 Å². The van der Waals surface area contributed by atoms with E-state index in [1.54, 1.807) is 0 Å². The van der Waals surface area contributed by atoms with Gasteiger partial charge in [-0.15, -0.1) is 0 Å². The third-order valence-corrected chi connectivity index (χ3v) is 7.23. The third-order valence-electron chi connectivity index (χ3n) is 7.23. The van der Waals surface area contributed by atoms with E-state index in [0.717, 1.165) is 22.4 Å². The highest BCUT2D eigenvalue weighted by Crippen LogP contribution is 2.59. The number of para-hydroxylation sites is 2. The van der Waals surface area contributed by atoms with Crippen molar-refractivity contribution in [3.63, 3.8) is 0 Å². The molecule has 4 aromatic rings. The molecule has 0 saturated heterocycles. The van der Waals surface area contributed by atoms with Crippen molar-refractivity contribution in [2.45, 2.75) is 36.3 Å². The fourth-order valence-corrected chi connectivity index (χ4v) is 5.71. The normalized spacial score (nSPS) is 24.8. The molecular formula is C30H26O4. The Labute approximate surface area is 199 Å². The maximum absolute atomic E-state index is 12.0. The predicted molar refractivity (Wildman–Crippen MR) is 130 cm³/mol. The van der Waals surface area contributed by atoms with Crippen LogP contribution >= 0.6 is 0 Å². The van der Waals surface area contributed by atoms with Crippen LogP contribution in [0, 0.1) is 0 Å². The molecule has 2 aliphatic rings. The summed E-state index contributed by atoms with van der Waals surface area (Å²) >= 11 is 0. The SMILES string of the molecule is OC1(O)Cc2ccccc2OC1(c1ccccc1)C1(c2ccccc2)CCc2ccccc2O1. The van der Waals surface area contributed by atoms with Crippen LogP contribution in [0.15, 0.2) is 109 Å². The van der Waals surface area contributed by atoms with Gasteiger partial charge in [-0.3, -0.25) is 0 Å². The lowest BCUT2D eigenvalue weighted by molar-refractivity contribution is -0.331. The molecule has 2 aliphatic heterocycles. The van der Waals surface area contributed by atoms with Crippen LogP contribution in [0.1, 0.15) is 28.7 Å². The first-order chi connectivity index (χ1) is 16.6. The average Bonchev–Trinajstić information content (AvgIpc) is 2.88. The predicted octanol–water partition coefficient (Wildman–Crippen LogP) is 5.12. The molecule has 0 aromatic heterocycles. The van der Waals surface area contributed by atoms with Gasteiger partial charge in [0.2, 0.25) is 11.4 Å². The number of benzene rings is 4. The van der Waals surface area contributed by atoms with E-state index in [1.807, 2.05) is 103 Å². The molecule has 0 aliphatic carbocycles. The Morgan fingerprint density at radius 3 is 1.76 bits per heavy atom. The van der Waals surface area contributed by atoms with E-state index >= 15 is 0 Å². The summed E-state index contributed by atoms with van der Waals surface area (Å²) in [4.78, 5) is 0. The minimum Gasteiger partial charge on any atom is -0.477 e. The summed E-state index contributed by atoms with van der Waals surface area (Å²) < 4.78 is 13.7. The lowest BCUT2D eigenvalue weighted by Crippen LogP contribution is -2.71. The number of fused-ring (bicyclic) bond motifs is 2. The van der Waals surface area contributed by atoms with E-state index in [-0.39, 0.29) is 6.42 Å². The Morgan fingerprint density at radius 2 is 1.09 bits per heavy atom. The number of hydrogen-bond donors (Lipinski definition) is 2. The molecule has 0 amide bonds. The van der Waals surface area contributed by atoms with Gasteiger partial charge in [0, 0.05) is 24.0 Å². The van der Waals surface area contributed by atoms with Crippen LogP contribution in [0.2, 0.25) is 0 Å². The van der Waals surface area contributed by atoms with Crippen LogP contribution < -0.4 is 9.47 Å². The highest BCUT2D eigenvalue weighted by atomic mass is 16.6. The van der Waals surface area contributed by atoms with Gasteiger partial charge in [0.05, 0.1) is 0 Å². The van der Waals surface area contributed by atoms with Crippen molar-refractivity contribution < 1.29 is 19.7 Å². The number of aliphatic hydroxyl groups is 2. The van der Waals surface area contributed by atoms with Crippen LogP contribution in [0.4, 0.5) is 0 Å². The molecule has 2 atom stereocenters. The van der Waals surface area contributed by atoms with Crippen molar-refractivity contribution in [1.29, 1.82) is 0 Å². The fourth-order valence-electron chi connectivity index (χ4n) is 5.71. The number of ether oxygens (including phenoxy) is 2. The van der Waals surface area contributed by atoms with Crippen molar-refractivity contribution in [3.8, 4) is 11.5 Å². The van der Waals surface area contributed by atoms with E-state index in [0.29, 0.717) is 24.2 Å². The molecule has 0 fully saturated rings. The molecule has 6 rings (SSSR count). The van der Waals surface area contributed by atoms with Gasteiger partial charge in [-0.1, -0.05) is 97.1 Å². The van der Waals surface area contributed by atoms with Crippen LogP contribution in [-0.2, 0) is 24.0 Å². The highest BCUT2D eigenvalue weighted by Gasteiger charge is 2.70. The Hall–Kier alpha value is -3.60. The second-order valence-electron chi connectivity index (χ2n) is 9.15. The van der Waals surface area contributed by atoms with Gasteiger partial charge in [-0.25, -0.2) is 0 Å². The zero-order valence-electron chi connectivity index (χ0n) is 18.7. The molecule has 4 aromatic carbocycles. The molecular weight excluding hydrogens is 424 g/mol. The molecule has 4 nitrogen and oxygen atoms in total. The summed E-state index contributed by atoms with van der Waals surface area (Å²) in [7, 11) is 0. The maximum Gasteiger partial charge on any atom is 0.231 e. The Morgan fingerprint density at radius 1 is 0.559 bits per heavy atom. The van der Waals surface area contributed by atoms with E-state index in [2.05, 4.69) is 6.07 Å². The fraction of sp³-hybridized carbons (Fsp3) is 0.200. The van der Waals surface area contributed by atoms with E-state index in [9.17, 15) is 10.2 Å². The van der Waals surface area contributed by atoms with Gasteiger partial charge in [0.25, 0.3) is 0 Å². The standard InChI is InChI=1S/C30H26O4/c31-29(32)21-23-12-8-10-18-27(23)34-30(29,25-15-5-2-6-16-25)28(24-13-3-1-4-14-24)20-19-22-11-7-9-17-26(22)33-28/h1-18,31-32H,19-21H2. The monoisotopic (exact) mass is 450 g/mol. The summed E-state index contributed by atoms with van der Waals surface area (Å²) in [5.74, 6) is -0.904. The third kappa shape index (κ3) is 2.92. The summed E-state index contributed by atoms with van der Waals surface area (Å²) in [6, 6.07) is 34.8. The van der Waals surface area contributed by atoms with E-state index < -0.39 is 17.0 Å². The minimum absolute atomic E-state index is 0.0116. The summed E-state index contributed by atoms with van der Waals surface area (Å²) in [6.07, 6.45) is 1.23. The molecule has 2 heterocycles. The van der Waals surface area contributed by atoms with Gasteiger partial charge in [-0.05, 0) is 29.7 Å². The zero-order chi connectivity index (χ0) is 23.2. The average molecular weight is 451 g/mol. The van der Waals surface area contributed by atoms with Crippen molar-refractivity contribution in [2.75, 3.05) is 0 Å². The minimum atomic E-state index is -2.26. The molecule has 0 bridgehead atoms. The van der Waals surface area contributed by atoms with Crippen LogP contribution in [-0.4, -0.2) is 16.0 Å². The van der Waals surface area contributed by atoms with Gasteiger partial charge >= 0.3 is 0 Å². The maximum atomic E-state index is 12.0. The first kappa shape index (κ1) is 21.0. The Kier molecular flexibility index (Phi) is 4.76. The molecule has 0 spiro atoms. The van der Waals surface area contributed by atoms with Crippen molar-refractivity contribution in [3.05, 3.63) is 131 Å². The largest absolute Gasteiger partial charge is 0.477 e. The number of rotatable bonds is 3. The quantitative estimate of drug-likeness (QED) is 0.426. The second-order valence-corrected chi connectivity index (χ2v) is 9.15. The molecule has 170 valence electrons. The van der Waals surface area contributed by atoms with Crippen LogP contribution in [0.3, 0.4) is 0 Å². The summed E-state index contributed by atoms with van der Waals surface area (Å²) in [5.41, 5.74) is 0.484. The van der Waals surface area contributed by atoms with E-state index in [1.165, 1.54) is 0 Å². The Balaban J connectivity index is 1.69. The zero-order valence-corrected chi connectivity index (χ0v) is 18.7. The smallest absolute Gasteiger partial charge is 0.231 e. The molecule has 34 heavy (non-hydrogen) atoms. The van der Waals surface area contributed by atoms with Crippen molar-refractivity contribution in [2.24, 2.45) is 0 Å². The van der Waals surface area contributed by atoms with Gasteiger partial charge in [0.1, 0.15) is 11.5 Å². The molecule has 2 unspecified atom stereocenters. The first-order valence-corrected chi connectivity index (χ1v) is 11.7. The van der Waals surface area contributed by atoms with Crippen LogP contribution in [0.5, 0.6) is 11.5 Å². The van der Waals surface area contributed by atoms with Gasteiger partial charge < -0.3 is 19.7 Å². The topological polar surface area (TPSA) is 58.9 Å². The lowest BCUT2D eigenvalue weighted by Gasteiger charge is -2.58. The molecule has 0 saturated carbocycles. The summed E-state index contributed by atoms with van der Waals surface area (Å²) in [6.45, 7) is 0. The number of hydrogen-bond acceptors (Lipinski definition) is 4. The first-order valence-electron chi connectivity index (χ1n) is 11.7. The molecule has 0 radical (unpaired) electrons. The van der Waals surface area contributed by atoms with E-state index in [4.69, 9.17) is 9.47 Å². The molecule has 4 heteroatoms. The molecule has 2 N–H and O–H groups in total. The second kappa shape index (κ2) is 7.73. The highest BCUT2D eigenvalue weighted by molar-refractivity contribution is 5.48. The van der Waals surface area contributed by atoms with Gasteiger partial charge in [-0.2, -0.15) is 0 Å². The number of aryl methyl sites for hydroxylation is 1. The Bertz CT molecular complexity index is 1320. The van der Waals surface area contributed by atoms with Gasteiger partial charge in [0.15, 0.2) is 5.60 Å². The lowest BCUT2D eigenvalue weighted by atomic mass is 9.63.